The van der Waals surface area contributed by atoms with Crippen LogP contribution in [0.1, 0.15) is 56.2 Å². The van der Waals surface area contributed by atoms with Crippen molar-refractivity contribution >= 4 is 27.1 Å². The fourth-order valence-corrected chi connectivity index (χ4v) is 4.84. The van der Waals surface area contributed by atoms with Gasteiger partial charge in [-0.15, -0.1) is 0 Å². The van der Waals surface area contributed by atoms with Gasteiger partial charge in [0.2, 0.25) is 5.91 Å². The van der Waals surface area contributed by atoms with Crippen LogP contribution in [0.2, 0.25) is 0 Å². The van der Waals surface area contributed by atoms with Gasteiger partial charge in [-0.25, -0.2) is 8.42 Å². The van der Waals surface area contributed by atoms with Crippen LogP contribution in [0.3, 0.4) is 0 Å². The number of carbonyl (C=O) groups is 2. The number of nitrogens with one attached hydrogen (secondary N) is 1. The quantitative estimate of drug-likeness (QED) is 0.507. The normalized spacial score (nSPS) is 18.5. The highest BCUT2D eigenvalue weighted by atomic mass is 32.2. The maximum atomic E-state index is 13.3. The first-order valence-electron chi connectivity index (χ1n) is 11.5. The molecule has 0 saturated carbocycles. The Kier molecular flexibility index (Phi) is 7.97. The summed E-state index contributed by atoms with van der Waals surface area (Å²) in [6.07, 6.45) is 3.32. The number of aryl methyl sites for hydroxylation is 1. The summed E-state index contributed by atoms with van der Waals surface area (Å²) >= 11 is 0. The first-order valence-corrected chi connectivity index (χ1v) is 13.6. The molecule has 6 nitrogen and oxygen atoms in total. The molecule has 7 heteroatoms. The second-order valence-electron chi connectivity index (χ2n) is 9.30. The first kappa shape index (κ1) is 25.7. The fraction of sp³-hybridized carbons (Fsp3) is 0.407. The molecule has 0 unspecified atom stereocenters. The third-order valence-electron chi connectivity index (χ3n) is 6.01. The zero-order valence-corrected chi connectivity index (χ0v) is 21.1. The maximum absolute atomic E-state index is 13.3. The molecule has 1 heterocycles. The highest BCUT2D eigenvalue weighted by Gasteiger charge is 2.38. The van der Waals surface area contributed by atoms with Gasteiger partial charge in [0.05, 0.1) is 12.1 Å². The number of ether oxygens (including phenoxy) is 1. The van der Waals surface area contributed by atoms with E-state index in [1.54, 1.807) is 0 Å². The Morgan fingerprint density at radius 3 is 2.32 bits per heavy atom. The lowest BCUT2D eigenvalue weighted by Crippen LogP contribution is -2.48. The lowest BCUT2D eigenvalue weighted by molar-refractivity contribution is -0.122. The monoisotopic (exact) mass is 483 g/mol. The molecule has 2 aromatic carbocycles. The molecule has 182 valence electrons. The van der Waals surface area contributed by atoms with Crippen LogP contribution in [0.15, 0.2) is 54.1 Å². The van der Waals surface area contributed by atoms with E-state index >= 15 is 0 Å². The Morgan fingerprint density at radius 2 is 1.74 bits per heavy atom. The van der Waals surface area contributed by atoms with Gasteiger partial charge in [-0.2, -0.15) is 0 Å². The van der Waals surface area contributed by atoms with E-state index in [9.17, 15) is 18.0 Å². The first-order chi connectivity index (χ1) is 16.0. The number of ketones is 1. The molecule has 34 heavy (non-hydrogen) atoms. The summed E-state index contributed by atoms with van der Waals surface area (Å²) in [5.74, 6) is -0.643. The van der Waals surface area contributed by atoms with E-state index in [4.69, 9.17) is 4.74 Å². The minimum atomic E-state index is -3.47. The van der Waals surface area contributed by atoms with E-state index in [2.05, 4.69) is 12.2 Å². The van der Waals surface area contributed by atoms with E-state index in [-0.39, 0.29) is 12.3 Å². The van der Waals surface area contributed by atoms with Crippen LogP contribution >= 0.6 is 0 Å². The second-order valence-corrected chi connectivity index (χ2v) is 11.4. The molecule has 2 aromatic rings. The molecule has 3 rings (SSSR count). The molecule has 0 aromatic heterocycles. The molecule has 1 amide bonds. The number of unbranched alkanes of at least 4 members (excludes halogenated alkanes) is 1. The van der Waals surface area contributed by atoms with Crippen molar-refractivity contribution in [2.75, 3.05) is 18.6 Å². The fourth-order valence-electron chi connectivity index (χ4n) is 4.15. The van der Waals surface area contributed by atoms with E-state index in [1.807, 2.05) is 62.4 Å². The van der Waals surface area contributed by atoms with Gasteiger partial charge in [0, 0.05) is 24.7 Å². The smallest absolute Gasteiger partial charge is 0.248 e. The van der Waals surface area contributed by atoms with Crippen LogP contribution in [0.25, 0.3) is 5.57 Å². The molecule has 0 fully saturated rings. The number of hydrogen-bond acceptors (Lipinski definition) is 5. The van der Waals surface area contributed by atoms with Gasteiger partial charge in [-0.3, -0.25) is 9.59 Å². The van der Waals surface area contributed by atoms with Crippen molar-refractivity contribution in [2.24, 2.45) is 0 Å². The second kappa shape index (κ2) is 10.6. The predicted molar refractivity (Wildman–Crippen MR) is 134 cm³/mol. The third-order valence-corrected chi connectivity index (χ3v) is 6.86. The van der Waals surface area contributed by atoms with Gasteiger partial charge in [0.1, 0.15) is 11.5 Å². The van der Waals surface area contributed by atoms with Gasteiger partial charge in [0.25, 0.3) is 0 Å². The number of hydrogen-bond donors (Lipinski definition) is 1. The van der Waals surface area contributed by atoms with Crippen molar-refractivity contribution in [3.63, 3.8) is 0 Å². The van der Waals surface area contributed by atoms with Gasteiger partial charge in [-0.1, -0.05) is 55.3 Å². The predicted octanol–water partition coefficient (Wildman–Crippen LogP) is 4.37. The molecule has 1 N–H and O–H groups in total. The van der Waals surface area contributed by atoms with Crippen LogP contribution < -0.4 is 10.1 Å². The van der Waals surface area contributed by atoms with Crippen molar-refractivity contribution in [2.45, 2.75) is 52.0 Å². The van der Waals surface area contributed by atoms with Crippen LogP contribution in [-0.2, 0) is 25.0 Å². The molecule has 1 aliphatic heterocycles. The number of carbonyl (C=O) groups excluding carboxylic acids is 2. The van der Waals surface area contributed by atoms with Crippen LogP contribution in [0.5, 0.6) is 5.75 Å². The third kappa shape index (κ3) is 6.56. The van der Waals surface area contributed by atoms with E-state index in [0.29, 0.717) is 18.6 Å². The zero-order valence-electron chi connectivity index (χ0n) is 20.3. The van der Waals surface area contributed by atoms with Crippen LogP contribution in [-0.4, -0.2) is 38.7 Å². The summed E-state index contributed by atoms with van der Waals surface area (Å²) in [7, 11) is -3.47. The lowest BCUT2D eigenvalue weighted by atomic mass is 9.77. The van der Waals surface area contributed by atoms with Crippen molar-refractivity contribution < 1.29 is 22.7 Å². The molecule has 0 radical (unpaired) electrons. The molecule has 1 atom stereocenters. The molecular formula is C27H33NO5S. The van der Waals surface area contributed by atoms with Gasteiger partial charge in [-0.05, 0) is 49.1 Å². The Hall–Kier alpha value is -2.93. The molecule has 0 bridgehead atoms. The zero-order chi connectivity index (χ0) is 24.9. The van der Waals surface area contributed by atoms with Crippen LogP contribution in [0.4, 0.5) is 0 Å². The van der Waals surface area contributed by atoms with Crippen LogP contribution in [0, 0.1) is 6.92 Å². The maximum Gasteiger partial charge on any atom is 0.248 e. The SMILES string of the molecule is CCCCOc1ccc([C@]2(C)CC(c3ccc(C)cc3)=C(CC(=O)CS(C)(=O)=O)C(=O)N2)cc1. The number of rotatable bonds is 10. The molecule has 1 aliphatic rings. The van der Waals surface area contributed by atoms with E-state index in [0.717, 1.165) is 47.1 Å². The highest BCUT2D eigenvalue weighted by molar-refractivity contribution is 7.91. The Labute approximate surface area is 202 Å². The summed E-state index contributed by atoms with van der Waals surface area (Å²) in [6.45, 7) is 6.72. The number of sulfone groups is 1. The summed E-state index contributed by atoms with van der Waals surface area (Å²) in [5, 5.41) is 3.07. The molecule has 0 saturated heterocycles. The summed E-state index contributed by atoms with van der Waals surface area (Å²) < 4.78 is 29.0. The lowest BCUT2D eigenvalue weighted by Gasteiger charge is -2.38. The van der Waals surface area contributed by atoms with Crippen molar-refractivity contribution in [1.82, 2.24) is 5.32 Å². The number of Topliss-reactive ketones (excluding diaryl/α,β-unsaturated/α-hetero) is 1. The molecule has 0 spiro atoms. The summed E-state index contributed by atoms with van der Waals surface area (Å²) in [5.41, 5.74) is 3.26. The molecule has 0 aliphatic carbocycles. The highest BCUT2D eigenvalue weighted by Crippen LogP contribution is 2.39. The largest absolute Gasteiger partial charge is 0.494 e. The van der Waals surface area contributed by atoms with Gasteiger partial charge >= 0.3 is 0 Å². The summed E-state index contributed by atoms with van der Waals surface area (Å²) in [6, 6.07) is 15.5. The minimum Gasteiger partial charge on any atom is -0.494 e. The Balaban J connectivity index is 1.95. The average Bonchev–Trinajstić information content (AvgIpc) is 2.75. The van der Waals surface area contributed by atoms with Gasteiger partial charge < -0.3 is 10.1 Å². The van der Waals surface area contributed by atoms with Crippen molar-refractivity contribution in [3.8, 4) is 5.75 Å². The minimum absolute atomic E-state index is 0.220. The number of benzene rings is 2. The average molecular weight is 484 g/mol. The number of amides is 1. The topological polar surface area (TPSA) is 89.5 Å². The van der Waals surface area contributed by atoms with E-state index < -0.39 is 26.9 Å². The standard InChI is InChI=1S/C27H33NO5S/c1-5-6-15-33-23-13-11-21(12-14-23)27(3)17-25(20-9-7-19(2)8-10-20)24(26(30)28-27)16-22(29)18-34(4,31)32/h7-14H,5-6,15-18H2,1-4H3,(H,28,30)/t27-/m0/s1. The Bertz CT molecular complexity index is 1180. The molecular weight excluding hydrogens is 450 g/mol. The van der Waals surface area contributed by atoms with Gasteiger partial charge in [0.15, 0.2) is 15.6 Å². The van der Waals surface area contributed by atoms with Crippen molar-refractivity contribution in [1.29, 1.82) is 0 Å². The Morgan fingerprint density at radius 1 is 1.09 bits per heavy atom. The van der Waals surface area contributed by atoms with Crippen molar-refractivity contribution in [3.05, 3.63) is 70.8 Å². The summed E-state index contributed by atoms with van der Waals surface area (Å²) in [4.78, 5) is 25.8. The van der Waals surface area contributed by atoms with E-state index in [1.165, 1.54) is 0 Å².